The summed E-state index contributed by atoms with van der Waals surface area (Å²) in [6.07, 6.45) is 1.43. The Balaban J connectivity index is 2.00. The van der Waals surface area contributed by atoms with Crippen LogP contribution >= 0.6 is 0 Å². The molecule has 136 valence electrons. The zero-order valence-corrected chi connectivity index (χ0v) is 15.0. The van der Waals surface area contributed by atoms with Crippen molar-refractivity contribution in [1.82, 2.24) is 9.80 Å². The summed E-state index contributed by atoms with van der Waals surface area (Å²) in [6.45, 7) is 5.83. The van der Waals surface area contributed by atoms with Crippen molar-refractivity contribution in [3.8, 4) is 0 Å². The van der Waals surface area contributed by atoms with E-state index >= 15 is 0 Å². The van der Waals surface area contributed by atoms with Crippen LogP contribution in [0.2, 0.25) is 0 Å². The summed E-state index contributed by atoms with van der Waals surface area (Å²) in [5.41, 5.74) is 2.26. The standard InChI is InChI=1S/C19H20N2O5/c1-4-5-6-20-17(23)18(24)21(19(20)25)10-13-9-16(22)26-15-8-12(3)11(2)7-14(13)15/h7-9H,4-6,10H2,1-3H3. The first-order valence-corrected chi connectivity index (χ1v) is 8.54. The number of nitrogens with zero attached hydrogens (tertiary/aromatic N) is 2. The average molecular weight is 356 g/mol. The molecule has 4 amide bonds. The number of hydrogen-bond acceptors (Lipinski definition) is 5. The monoisotopic (exact) mass is 356 g/mol. The molecule has 0 bridgehead atoms. The number of urea groups is 1. The number of unbranched alkanes of at least 4 members (excludes halogenated alkanes) is 1. The zero-order valence-electron chi connectivity index (χ0n) is 15.0. The molecule has 0 spiro atoms. The summed E-state index contributed by atoms with van der Waals surface area (Å²) < 4.78 is 5.23. The van der Waals surface area contributed by atoms with E-state index in [2.05, 4.69) is 0 Å². The van der Waals surface area contributed by atoms with E-state index in [4.69, 9.17) is 4.42 Å². The normalized spacial score (nSPS) is 14.8. The van der Waals surface area contributed by atoms with Gasteiger partial charge in [0.1, 0.15) is 5.58 Å². The molecule has 7 nitrogen and oxygen atoms in total. The molecule has 3 rings (SSSR count). The second-order valence-electron chi connectivity index (χ2n) is 6.51. The van der Waals surface area contributed by atoms with Gasteiger partial charge in [-0.2, -0.15) is 0 Å². The number of fused-ring (bicyclic) bond motifs is 1. The van der Waals surface area contributed by atoms with Gasteiger partial charge in [-0.1, -0.05) is 13.3 Å². The number of rotatable bonds is 5. The molecular formula is C19H20N2O5. The van der Waals surface area contributed by atoms with E-state index in [1.165, 1.54) is 6.07 Å². The third-order valence-electron chi connectivity index (χ3n) is 4.64. The molecule has 0 unspecified atom stereocenters. The zero-order chi connectivity index (χ0) is 19.0. The lowest BCUT2D eigenvalue weighted by Gasteiger charge is -2.16. The minimum atomic E-state index is -0.865. The van der Waals surface area contributed by atoms with Crippen LogP contribution < -0.4 is 5.63 Å². The molecule has 2 aromatic rings. The van der Waals surface area contributed by atoms with Crippen LogP contribution in [0.25, 0.3) is 11.0 Å². The van der Waals surface area contributed by atoms with Gasteiger partial charge in [0.15, 0.2) is 0 Å². The van der Waals surface area contributed by atoms with Crippen molar-refractivity contribution < 1.29 is 18.8 Å². The molecule has 1 aliphatic rings. The highest BCUT2D eigenvalue weighted by Crippen LogP contribution is 2.24. The maximum atomic E-state index is 12.5. The number of benzene rings is 1. The molecule has 0 aliphatic carbocycles. The molecule has 2 heterocycles. The van der Waals surface area contributed by atoms with Gasteiger partial charge in [0.2, 0.25) is 0 Å². The van der Waals surface area contributed by atoms with Crippen LogP contribution in [0.1, 0.15) is 36.5 Å². The molecule has 0 N–H and O–H groups in total. The molecule has 26 heavy (non-hydrogen) atoms. The maximum absolute atomic E-state index is 12.5. The lowest BCUT2D eigenvalue weighted by molar-refractivity contribution is -0.143. The van der Waals surface area contributed by atoms with Gasteiger partial charge in [0.05, 0.1) is 6.54 Å². The summed E-state index contributed by atoms with van der Waals surface area (Å²) in [4.78, 5) is 50.6. The number of carbonyl (C=O) groups is 3. The summed E-state index contributed by atoms with van der Waals surface area (Å²) in [6, 6.07) is 4.22. The van der Waals surface area contributed by atoms with Gasteiger partial charge in [-0.15, -0.1) is 0 Å². The molecular weight excluding hydrogens is 336 g/mol. The molecule has 1 aliphatic heterocycles. The SMILES string of the molecule is CCCCN1C(=O)C(=O)N(Cc2cc(=O)oc3cc(C)c(C)cc23)C1=O. The summed E-state index contributed by atoms with van der Waals surface area (Å²) in [5, 5.41) is 0.646. The van der Waals surface area contributed by atoms with Crippen molar-refractivity contribution in [2.75, 3.05) is 6.54 Å². The van der Waals surface area contributed by atoms with Gasteiger partial charge in [0.25, 0.3) is 0 Å². The quantitative estimate of drug-likeness (QED) is 0.467. The van der Waals surface area contributed by atoms with E-state index in [1.807, 2.05) is 26.8 Å². The highest BCUT2D eigenvalue weighted by molar-refractivity contribution is 6.44. The number of amides is 4. The van der Waals surface area contributed by atoms with Crippen LogP contribution in [0.4, 0.5) is 4.79 Å². The van der Waals surface area contributed by atoms with E-state index < -0.39 is 23.5 Å². The molecule has 0 saturated carbocycles. The van der Waals surface area contributed by atoms with Crippen molar-refractivity contribution in [3.63, 3.8) is 0 Å². The van der Waals surface area contributed by atoms with Crippen LogP contribution in [-0.2, 0) is 16.1 Å². The van der Waals surface area contributed by atoms with E-state index in [0.717, 1.165) is 27.3 Å². The van der Waals surface area contributed by atoms with E-state index in [-0.39, 0.29) is 13.1 Å². The molecule has 0 atom stereocenters. The Morgan fingerprint density at radius 1 is 0.923 bits per heavy atom. The molecule has 1 fully saturated rings. The van der Waals surface area contributed by atoms with E-state index in [0.29, 0.717) is 23.0 Å². The summed E-state index contributed by atoms with van der Waals surface area (Å²) in [5.74, 6) is -1.68. The summed E-state index contributed by atoms with van der Waals surface area (Å²) in [7, 11) is 0. The van der Waals surface area contributed by atoms with Crippen LogP contribution in [0.5, 0.6) is 0 Å². The smallest absolute Gasteiger partial charge is 0.336 e. The highest BCUT2D eigenvalue weighted by Gasteiger charge is 2.44. The number of hydrogen-bond donors (Lipinski definition) is 0. The Bertz CT molecular complexity index is 976. The van der Waals surface area contributed by atoms with Crippen LogP contribution in [0.3, 0.4) is 0 Å². The maximum Gasteiger partial charge on any atom is 0.336 e. The molecule has 0 radical (unpaired) electrons. The second kappa shape index (κ2) is 6.74. The van der Waals surface area contributed by atoms with Crippen molar-refractivity contribution in [2.24, 2.45) is 0 Å². The Labute approximate surface area is 150 Å². The van der Waals surface area contributed by atoms with Crippen molar-refractivity contribution >= 4 is 28.8 Å². The van der Waals surface area contributed by atoms with Crippen LogP contribution in [-0.4, -0.2) is 34.2 Å². The molecule has 1 saturated heterocycles. The van der Waals surface area contributed by atoms with Gasteiger partial charge in [0, 0.05) is 18.0 Å². The van der Waals surface area contributed by atoms with Gasteiger partial charge in [-0.3, -0.25) is 19.4 Å². The van der Waals surface area contributed by atoms with Crippen molar-refractivity contribution in [1.29, 1.82) is 0 Å². The predicted octanol–water partition coefficient (Wildman–Crippen LogP) is 2.50. The Kier molecular flexibility index (Phi) is 4.63. The molecule has 1 aromatic carbocycles. The van der Waals surface area contributed by atoms with Crippen molar-refractivity contribution in [2.45, 2.75) is 40.2 Å². The molecule has 1 aromatic heterocycles. The Morgan fingerprint density at radius 3 is 2.27 bits per heavy atom. The minimum Gasteiger partial charge on any atom is -0.423 e. The topological polar surface area (TPSA) is 87.9 Å². The Morgan fingerprint density at radius 2 is 1.58 bits per heavy atom. The van der Waals surface area contributed by atoms with Gasteiger partial charge >= 0.3 is 23.5 Å². The highest BCUT2D eigenvalue weighted by atomic mass is 16.4. The molecule has 7 heteroatoms. The van der Waals surface area contributed by atoms with Crippen LogP contribution in [0.15, 0.2) is 27.4 Å². The van der Waals surface area contributed by atoms with Crippen molar-refractivity contribution in [3.05, 3.63) is 45.3 Å². The lowest BCUT2D eigenvalue weighted by atomic mass is 10.0. The van der Waals surface area contributed by atoms with Gasteiger partial charge in [-0.25, -0.2) is 9.59 Å². The first kappa shape index (κ1) is 17.8. The van der Waals surface area contributed by atoms with E-state index in [1.54, 1.807) is 6.07 Å². The fourth-order valence-corrected chi connectivity index (χ4v) is 2.99. The van der Waals surface area contributed by atoms with E-state index in [9.17, 15) is 19.2 Å². The predicted molar refractivity (Wildman–Crippen MR) is 94.5 cm³/mol. The third kappa shape index (κ3) is 3.00. The number of carbonyl (C=O) groups excluding carboxylic acids is 3. The number of imide groups is 2. The second-order valence-corrected chi connectivity index (χ2v) is 6.51. The van der Waals surface area contributed by atoms with Crippen LogP contribution in [0, 0.1) is 13.8 Å². The average Bonchev–Trinajstić information content (AvgIpc) is 2.78. The summed E-state index contributed by atoms with van der Waals surface area (Å²) >= 11 is 0. The first-order valence-electron chi connectivity index (χ1n) is 8.54. The lowest BCUT2D eigenvalue weighted by Crippen LogP contribution is -2.33. The minimum absolute atomic E-state index is 0.142. The first-order chi connectivity index (χ1) is 12.3. The largest absolute Gasteiger partial charge is 0.423 e. The third-order valence-corrected chi connectivity index (χ3v) is 4.64. The van der Waals surface area contributed by atoms with Gasteiger partial charge in [-0.05, 0) is 49.1 Å². The number of aryl methyl sites for hydroxylation is 2. The Hall–Kier alpha value is -2.96. The van der Waals surface area contributed by atoms with Gasteiger partial charge < -0.3 is 4.42 Å². The fourth-order valence-electron chi connectivity index (χ4n) is 2.99. The fraction of sp³-hybridized carbons (Fsp3) is 0.368.